The SMILES string of the molecule is O=c1[nH]ncc(NCCc2cscn2)c1Br. The topological polar surface area (TPSA) is 70.7 Å². The van der Waals surface area contributed by atoms with Gasteiger partial charge in [-0.3, -0.25) is 4.79 Å². The minimum Gasteiger partial charge on any atom is -0.382 e. The summed E-state index contributed by atoms with van der Waals surface area (Å²) in [6, 6.07) is 0. The number of thiazole rings is 1. The molecule has 0 aliphatic heterocycles. The molecule has 0 unspecified atom stereocenters. The third-order valence-corrected chi connectivity index (χ3v) is 3.40. The van der Waals surface area contributed by atoms with Gasteiger partial charge in [-0.2, -0.15) is 5.10 Å². The van der Waals surface area contributed by atoms with Crippen LogP contribution in [-0.2, 0) is 6.42 Å². The van der Waals surface area contributed by atoms with E-state index in [9.17, 15) is 4.79 Å². The average molecular weight is 301 g/mol. The second-order valence-electron chi connectivity index (χ2n) is 3.08. The van der Waals surface area contributed by atoms with Crippen molar-refractivity contribution in [2.24, 2.45) is 0 Å². The Bertz CT molecular complexity index is 510. The van der Waals surface area contributed by atoms with Crippen molar-refractivity contribution in [1.82, 2.24) is 15.2 Å². The van der Waals surface area contributed by atoms with Crippen LogP contribution in [0.25, 0.3) is 0 Å². The van der Waals surface area contributed by atoms with E-state index >= 15 is 0 Å². The molecule has 2 heterocycles. The molecule has 2 N–H and O–H groups in total. The van der Waals surface area contributed by atoms with Crippen LogP contribution in [-0.4, -0.2) is 21.7 Å². The third-order valence-electron chi connectivity index (χ3n) is 1.98. The van der Waals surface area contributed by atoms with Crippen LogP contribution in [0.4, 0.5) is 5.69 Å². The molecule has 0 saturated carbocycles. The van der Waals surface area contributed by atoms with Gasteiger partial charge < -0.3 is 5.32 Å². The number of hydrogen-bond donors (Lipinski definition) is 2. The highest BCUT2D eigenvalue weighted by Crippen LogP contribution is 2.15. The zero-order valence-electron chi connectivity index (χ0n) is 8.24. The quantitative estimate of drug-likeness (QED) is 0.900. The minimum atomic E-state index is -0.237. The molecule has 0 amide bonds. The van der Waals surface area contributed by atoms with E-state index in [0.29, 0.717) is 16.7 Å². The third kappa shape index (κ3) is 2.67. The van der Waals surface area contributed by atoms with Crippen molar-refractivity contribution in [2.45, 2.75) is 6.42 Å². The first kappa shape index (κ1) is 11.3. The van der Waals surface area contributed by atoms with Gasteiger partial charge in [-0.05, 0) is 15.9 Å². The average Bonchev–Trinajstić information content (AvgIpc) is 2.77. The number of aromatic amines is 1. The first-order chi connectivity index (χ1) is 7.77. The number of halogens is 1. The van der Waals surface area contributed by atoms with Gasteiger partial charge in [-0.25, -0.2) is 10.1 Å². The molecule has 0 aliphatic carbocycles. The summed E-state index contributed by atoms with van der Waals surface area (Å²) in [5, 5.41) is 11.2. The summed E-state index contributed by atoms with van der Waals surface area (Å²) >= 11 is 4.78. The number of nitrogens with one attached hydrogen (secondary N) is 2. The molecule has 16 heavy (non-hydrogen) atoms. The predicted molar refractivity (Wildman–Crippen MR) is 66.9 cm³/mol. The fourth-order valence-corrected chi connectivity index (χ4v) is 2.12. The molecule has 84 valence electrons. The zero-order chi connectivity index (χ0) is 11.4. The van der Waals surface area contributed by atoms with Crippen LogP contribution in [0.15, 0.2) is 26.4 Å². The number of H-pyrrole nitrogens is 1. The molecule has 0 radical (unpaired) electrons. The van der Waals surface area contributed by atoms with Crippen LogP contribution in [0.3, 0.4) is 0 Å². The van der Waals surface area contributed by atoms with Gasteiger partial charge in [0.2, 0.25) is 0 Å². The summed E-state index contributed by atoms with van der Waals surface area (Å²) in [7, 11) is 0. The molecule has 0 atom stereocenters. The highest BCUT2D eigenvalue weighted by molar-refractivity contribution is 9.10. The Balaban J connectivity index is 1.95. The predicted octanol–water partition coefficient (Wildman–Crippen LogP) is 1.64. The molecule has 0 aromatic carbocycles. The monoisotopic (exact) mass is 300 g/mol. The van der Waals surface area contributed by atoms with Crippen molar-refractivity contribution >= 4 is 33.0 Å². The van der Waals surface area contributed by atoms with Crippen LogP contribution >= 0.6 is 27.3 Å². The molecular weight excluding hydrogens is 292 g/mol. The van der Waals surface area contributed by atoms with Crippen LogP contribution in [0, 0.1) is 0 Å². The minimum absolute atomic E-state index is 0.237. The molecule has 0 fully saturated rings. The van der Waals surface area contributed by atoms with Gasteiger partial charge in [0.25, 0.3) is 5.56 Å². The maximum absolute atomic E-state index is 11.2. The standard InChI is InChI=1S/C9H9BrN4OS/c10-8-7(3-13-14-9(8)15)11-2-1-6-4-16-5-12-6/h3-5H,1-2H2,(H2,11,14,15). The van der Waals surface area contributed by atoms with E-state index < -0.39 is 0 Å². The molecule has 2 rings (SSSR count). The van der Waals surface area contributed by atoms with Crippen molar-refractivity contribution in [1.29, 1.82) is 0 Å². The Morgan fingerprint density at radius 3 is 3.19 bits per heavy atom. The Morgan fingerprint density at radius 2 is 2.44 bits per heavy atom. The summed E-state index contributed by atoms with van der Waals surface area (Å²) in [5.74, 6) is 0. The molecule has 0 bridgehead atoms. The Hall–Kier alpha value is -1.21. The smallest absolute Gasteiger partial charge is 0.280 e. The van der Waals surface area contributed by atoms with Crippen molar-refractivity contribution in [3.63, 3.8) is 0 Å². The Morgan fingerprint density at radius 1 is 1.56 bits per heavy atom. The summed E-state index contributed by atoms with van der Waals surface area (Å²) in [4.78, 5) is 15.4. The largest absolute Gasteiger partial charge is 0.382 e. The van der Waals surface area contributed by atoms with Gasteiger partial charge in [-0.15, -0.1) is 11.3 Å². The molecule has 0 aliphatic rings. The van der Waals surface area contributed by atoms with Crippen LogP contribution in [0.1, 0.15) is 5.69 Å². The van der Waals surface area contributed by atoms with Gasteiger partial charge in [0.05, 0.1) is 23.1 Å². The molecule has 7 heteroatoms. The summed E-state index contributed by atoms with van der Waals surface area (Å²) < 4.78 is 0.473. The Labute approximate surface area is 104 Å². The van der Waals surface area contributed by atoms with Crippen molar-refractivity contribution in [3.8, 4) is 0 Å². The van der Waals surface area contributed by atoms with Crippen LogP contribution < -0.4 is 10.9 Å². The number of hydrogen-bond acceptors (Lipinski definition) is 5. The van der Waals surface area contributed by atoms with Gasteiger partial charge in [-0.1, -0.05) is 0 Å². The van der Waals surface area contributed by atoms with Crippen molar-refractivity contribution in [3.05, 3.63) is 37.6 Å². The van der Waals surface area contributed by atoms with E-state index in [1.807, 2.05) is 5.38 Å². The summed E-state index contributed by atoms with van der Waals surface area (Å²) in [6.07, 6.45) is 2.40. The lowest BCUT2D eigenvalue weighted by Gasteiger charge is -2.05. The number of aromatic nitrogens is 3. The second kappa shape index (κ2) is 5.22. The summed E-state index contributed by atoms with van der Waals surface area (Å²) in [5.41, 5.74) is 3.31. The van der Waals surface area contributed by atoms with E-state index in [4.69, 9.17) is 0 Å². The molecule has 0 saturated heterocycles. The van der Waals surface area contributed by atoms with Gasteiger partial charge in [0.15, 0.2) is 0 Å². The van der Waals surface area contributed by atoms with E-state index in [1.54, 1.807) is 23.0 Å². The number of anilines is 1. The molecule has 2 aromatic rings. The number of rotatable bonds is 4. The van der Waals surface area contributed by atoms with Crippen LogP contribution in [0.2, 0.25) is 0 Å². The Kier molecular flexibility index (Phi) is 3.68. The second-order valence-corrected chi connectivity index (χ2v) is 4.60. The van der Waals surface area contributed by atoms with Crippen molar-refractivity contribution < 1.29 is 0 Å². The fraction of sp³-hybridized carbons (Fsp3) is 0.222. The van der Waals surface area contributed by atoms with Crippen molar-refractivity contribution in [2.75, 3.05) is 11.9 Å². The maximum Gasteiger partial charge on any atom is 0.280 e. The maximum atomic E-state index is 11.2. The lowest BCUT2D eigenvalue weighted by atomic mass is 10.3. The summed E-state index contributed by atoms with van der Waals surface area (Å²) in [6.45, 7) is 0.716. The number of nitrogens with zero attached hydrogens (tertiary/aromatic N) is 2. The molecule has 2 aromatic heterocycles. The zero-order valence-corrected chi connectivity index (χ0v) is 10.6. The van der Waals surface area contributed by atoms with E-state index in [2.05, 4.69) is 36.4 Å². The van der Waals surface area contributed by atoms with Gasteiger partial charge in [0.1, 0.15) is 4.47 Å². The molecular formula is C9H9BrN4OS. The highest BCUT2D eigenvalue weighted by Gasteiger charge is 2.03. The lowest BCUT2D eigenvalue weighted by molar-refractivity contribution is 0.947. The molecule has 5 nitrogen and oxygen atoms in total. The van der Waals surface area contributed by atoms with Gasteiger partial charge in [0, 0.05) is 18.3 Å². The fourth-order valence-electron chi connectivity index (χ4n) is 1.19. The van der Waals surface area contributed by atoms with Gasteiger partial charge >= 0.3 is 0 Å². The normalized spacial score (nSPS) is 10.3. The van der Waals surface area contributed by atoms with Crippen LogP contribution in [0.5, 0.6) is 0 Å². The molecule has 0 spiro atoms. The van der Waals surface area contributed by atoms with E-state index in [-0.39, 0.29) is 5.56 Å². The first-order valence-electron chi connectivity index (χ1n) is 4.61. The van der Waals surface area contributed by atoms with E-state index in [1.165, 1.54) is 0 Å². The highest BCUT2D eigenvalue weighted by atomic mass is 79.9. The van der Waals surface area contributed by atoms with E-state index in [0.717, 1.165) is 12.1 Å². The lowest BCUT2D eigenvalue weighted by Crippen LogP contribution is -2.13. The first-order valence-corrected chi connectivity index (χ1v) is 6.35.